The maximum absolute atomic E-state index is 12.5. The summed E-state index contributed by atoms with van der Waals surface area (Å²) in [5.41, 5.74) is 3.54. The minimum atomic E-state index is -1.05. The predicted molar refractivity (Wildman–Crippen MR) is 114 cm³/mol. The van der Waals surface area contributed by atoms with Crippen molar-refractivity contribution in [1.82, 2.24) is 14.3 Å². The molecule has 0 aliphatic rings. The van der Waals surface area contributed by atoms with Gasteiger partial charge in [-0.1, -0.05) is 0 Å². The number of ketones is 1. The molecule has 0 fully saturated rings. The Morgan fingerprint density at radius 2 is 1.87 bits per heavy atom. The average molecular weight is 407 g/mol. The molecule has 0 aliphatic heterocycles. The van der Waals surface area contributed by atoms with Gasteiger partial charge in [0, 0.05) is 29.1 Å². The maximum Gasteiger partial charge on any atom is 0.341 e. The first-order valence-electron chi connectivity index (χ1n) is 9.68. The molecule has 2 heterocycles. The van der Waals surface area contributed by atoms with Crippen LogP contribution in [0.2, 0.25) is 0 Å². The number of carboxylic acids is 1. The molecule has 0 bridgehead atoms. The van der Waals surface area contributed by atoms with Gasteiger partial charge in [-0.15, -0.1) is 0 Å². The van der Waals surface area contributed by atoms with E-state index in [9.17, 15) is 9.59 Å². The maximum atomic E-state index is 12.5. The van der Waals surface area contributed by atoms with Crippen LogP contribution >= 0.6 is 0 Å². The summed E-state index contributed by atoms with van der Waals surface area (Å²) < 4.78 is 9.18. The minimum absolute atomic E-state index is 0.142. The highest BCUT2D eigenvalue weighted by Gasteiger charge is 2.14. The molecule has 0 amide bonds. The smallest absolute Gasteiger partial charge is 0.341 e. The first-order valence-corrected chi connectivity index (χ1v) is 9.68. The van der Waals surface area contributed by atoms with Gasteiger partial charge in [0.2, 0.25) is 0 Å². The van der Waals surface area contributed by atoms with Crippen LogP contribution in [0.15, 0.2) is 48.7 Å². The van der Waals surface area contributed by atoms with Crippen molar-refractivity contribution in [3.8, 4) is 11.6 Å². The summed E-state index contributed by atoms with van der Waals surface area (Å²) in [4.78, 5) is 23.1. The molecule has 30 heavy (non-hydrogen) atoms. The summed E-state index contributed by atoms with van der Waals surface area (Å²) >= 11 is 0. The van der Waals surface area contributed by atoms with Crippen LogP contribution in [0.3, 0.4) is 0 Å². The van der Waals surface area contributed by atoms with Crippen molar-refractivity contribution in [2.75, 3.05) is 6.61 Å². The fraction of sp³-hybridized carbons (Fsp3) is 0.261. The molecule has 1 N–H and O–H groups in total. The zero-order chi connectivity index (χ0) is 21.8. The summed E-state index contributed by atoms with van der Waals surface area (Å²) in [7, 11) is 0. The van der Waals surface area contributed by atoms with Gasteiger partial charge in [0.05, 0.1) is 6.20 Å². The standard InChI is InChI=1S/C23H25N3O4/c1-15(2)26-22(11-12-24-26)25-16(3)13-19(17(25)4)7-10-21(27)18-5-8-20(9-6-18)30-14-23(28)29/h5-13,15H,14H2,1-4H3,(H,28,29)/b10-7+. The van der Waals surface area contributed by atoms with Gasteiger partial charge in [-0.3, -0.25) is 4.79 Å². The zero-order valence-electron chi connectivity index (χ0n) is 17.5. The van der Waals surface area contributed by atoms with Crippen LogP contribution in [0, 0.1) is 13.8 Å². The van der Waals surface area contributed by atoms with E-state index in [0.29, 0.717) is 11.3 Å². The van der Waals surface area contributed by atoms with E-state index in [-0.39, 0.29) is 11.8 Å². The second-order valence-electron chi connectivity index (χ2n) is 7.29. The van der Waals surface area contributed by atoms with Gasteiger partial charge in [0.15, 0.2) is 12.4 Å². The summed E-state index contributed by atoms with van der Waals surface area (Å²) in [5, 5.41) is 13.1. The third kappa shape index (κ3) is 4.51. The van der Waals surface area contributed by atoms with Crippen molar-refractivity contribution < 1.29 is 19.4 Å². The number of carbonyl (C=O) groups is 2. The van der Waals surface area contributed by atoms with Crippen molar-refractivity contribution in [3.63, 3.8) is 0 Å². The minimum Gasteiger partial charge on any atom is -0.482 e. The number of ether oxygens (including phenoxy) is 1. The number of aliphatic carboxylic acids is 1. The number of aryl methyl sites for hydroxylation is 1. The van der Waals surface area contributed by atoms with Crippen molar-refractivity contribution in [2.24, 2.45) is 0 Å². The zero-order valence-corrected chi connectivity index (χ0v) is 17.5. The number of hydrogen-bond acceptors (Lipinski definition) is 4. The number of benzene rings is 1. The highest BCUT2D eigenvalue weighted by Crippen LogP contribution is 2.23. The van der Waals surface area contributed by atoms with E-state index in [4.69, 9.17) is 9.84 Å². The number of hydrogen-bond donors (Lipinski definition) is 1. The van der Waals surface area contributed by atoms with Crippen molar-refractivity contribution in [3.05, 3.63) is 71.2 Å². The second-order valence-corrected chi connectivity index (χ2v) is 7.29. The molecule has 0 spiro atoms. The Kier molecular flexibility index (Phi) is 6.20. The van der Waals surface area contributed by atoms with E-state index in [2.05, 4.69) is 23.5 Å². The number of aromatic nitrogens is 3. The lowest BCUT2D eigenvalue weighted by Crippen LogP contribution is -2.11. The summed E-state index contributed by atoms with van der Waals surface area (Å²) in [6, 6.07) is 10.7. The fourth-order valence-corrected chi connectivity index (χ4v) is 3.31. The van der Waals surface area contributed by atoms with E-state index >= 15 is 0 Å². The second kappa shape index (κ2) is 8.82. The van der Waals surface area contributed by atoms with Gasteiger partial charge in [0.1, 0.15) is 11.6 Å². The van der Waals surface area contributed by atoms with E-state index in [1.807, 2.05) is 36.7 Å². The van der Waals surface area contributed by atoms with E-state index in [1.54, 1.807) is 36.5 Å². The van der Waals surface area contributed by atoms with Crippen LogP contribution in [0.5, 0.6) is 5.75 Å². The Balaban J connectivity index is 1.79. The van der Waals surface area contributed by atoms with Crippen LogP contribution in [0.4, 0.5) is 0 Å². The molecule has 3 rings (SSSR count). The first kappa shape index (κ1) is 21.1. The van der Waals surface area contributed by atoms with Crippen LogP contribution in [0.25, 0.3) is 11.9 Å². The number of carboxylic acid groups (broad SMARTS) is 1. The van der Waals surface area contributed by atoms with E-state index in [1.165, 1.54) is 0 Å². The van der Waals surface area contributed by atoms with Crippen LogP contribution in [-0.4, -0.2) is 37.8 Å². The van der Waals surface area contributed by atoms with Crippen molar-refractivity contribution in [1.29, 1.82) is 0 Å². The Bertz CT molecular complexity index is 1090. The summed E-state index contributed by atoms with van der Waals surface area (Å²) in [6.07, 6.45) is 5.14. The first-order chi connectivity index (χ1) is 14.3. The average Bonchev–Trinajstić information content (AvgIpc) is 3.29. The Labute approximate surface area is 175 Å². The highest BCUT2D eigenvalue weighted by atomic mass is 16.5. The Morgan fingerprint density at radius 1 is 1.17 bits per heavy atom. The Hall–Kier alpha value is -3.61. The third-order valence-electron chi connectivity index (χ3n) is 4.75. The number of rotatable bonds is 8. The largest absolute Gasteiger partial charge is 0.482 e. The topological polar surface area (TPSA) is 86.3 Å². The van der Waals surface area contributed by atoms with Crippen LogP contribution in [0.1, 0.15) is 47.2 Å². The summed E-state index contributed by atoms with van der Waals surface area (Å²) in [5.74, 6) is 0.204. The lowest BCUT2D eigenvalue weighted by molar-refractivity contribution is -0.139. The molecule has 1 aromatic carbocycles. The summed E-state index contributed by atoms with van der Waals surface area (Å²) in [6.45, 7) is 7.80. The molecule has 2 aromatic heterocycles. The molecule has 0 atom stereocenters. The molecule has 156 valence electrons. The van der Waals surface area contributed by atoms with Gasteiger partial charge >= 0.3 is 5.97 Å². The SMILES string of the molecule is Cc1cc(/C=C/C(=O)c2ccc(OCC(=O)O)cc2)c(C)n1-c1ccnn1C(C)C. The van der Waals surface area contributed by atoms with Gasteiger partial charge in [-0.25, -0.2) is 9.48 Å². The molecule has 7 heteroatoms. The predicted octanol–water partition coefficient (Wildman–Crippen LogP) is 4.23. The quantitative estimate of drug-likeness (QED) is 0.446. The molecule has 0 saturated carbocycles. The van der Waals surface area contributed by atoms with Crippen LogP contribution < -0.4 is 4.74 Å². The molecule has 3 aromatic rings. The van der Waals surface area contributed by atoms with Crippen LogP contribution in [-0.2, 0) is 4.79 Å². The molecule has 0 aliphatic carbocycles. The monoisotopic (exact) mass is 407 g/mol. The van der Waals surface area contributed by atoms with Gasteiger partial charge in [0.25, 0.3) is 0 Å². The fourth-order valence-electron chi connectivity index (χ4n) is 3.31. The van der Waals surface area contributed by atoms with E-state index in [0.717, 1.165) is 22.8 Å². The molecule has 0 saturated heterocycles. The Morgan fingerprint density at radius 3 is 2.50 bits per heavy atom. The molecule has 0 radical (unpaired) electrons. The normalized spacial score (nSPS) is 11.4. The number of carbonyl (C=O) groups excluding carboxylic acids is 1. The van der Waals surface area contributed by atoms with Gasteiger partial charge in [-0.05, 0) is 75.7 Å². The number of nitrogens with zero attached hydrogens (tertiary/aromatic N) is 3. The van der Waals surface area contributed by atoms with Crippen molar-refractivity contribution >= 4 is 17.8 Å². The van der Waals surface area contributed by atoms with Gasteiger partial charge in [-0.2, -0.15) is 5.10 Å². The van der Waals surface area contributed by atoms with E-state index < -0.39 is 12.6 Å². The molecular weight excluding hydrogens is 382 g/mol. The lowest BCUT2D eigenvalue weighted by Gasteiger charge is -2.15. The van der Waals surface area contributed by atoms with Crippen molar-refractivity contribution in [2.45, 2.75) is 33.7 Å². The molecule has 0 unspecified atom stereocenters. The molecular formula is C23H25N3O4. The number of allylic oxidation sites excluding steroid dienone is 1. The molecule has 7 nitrogen and oxygen atoms in total. The van der Waals surface area contributed by atoms with Gasteiger partial charge < -0.3 is 14.4 Å². The highest BCUT2D eigenvalue weighted by molar-refractivity contribution is 6.06. The third-order valence-corrected chi connectivity index (χ3v) is 4.75. The lowest BCUT2D eigenvalue weighted by atomic mass is 10.1.